The number of para-hydroxylation sites is 1. The van der Waals surface area contributed by atoms with Crippen molar-refractivity contribution in [3.8, 4) is 17.5 Å². The predicted molar refractivity (Wildman–Crippen MR) is 124 cm³/mol. The smallest absolute Gasteiger partial charge is 0.267 e. The Bertz CT molecular complexity index is 1180. The molecule has 5 nitrogen and oxygen atoms in total. The van der Waals surface area contributed by atoms with Crippen LogP contribution in [0.2, 0.25) is 0 Å². The Morgan fingerprint density at radius 2 is 1.81 bits per heavy atom. The number of nitrogens with one attached hydrogen (secondary N) is 1. The number of hydrogen-bond acceptors (Lipinski definition) is 4. The summed E-state index contributed by atoms with van der Waals surface area (Å²) in [5.41, 5.74) is 2.12. The van der Waals surface area contributed by atoms with Gasteiger partial charge in [0.1, 0.15) is 5.82 Å². The summed E-state index contributed by atoms with van der Waals surface area (Å²) in [4.78, 5) is 18.6. The van der Waals surface area contributed by atoms with Crippen molar-refractivity contribution in [1.29, 1.82) is 0 Å². The SMILES string of the molecule is CNC(C)c1nc2cccc(C#CC3CC(C)OC(C)C3)c2c(=O)n1-c1ccccc1. The average molecular weight is 416 g/mol. The maximum Gasteiger partial charge on any atom is 0.267 e. The molecule has 31 heavy (non-hydrogen) atoms. The Labute approximate surface area is 183 Å². The minimum Gasteiger partial charge on any atom is -0.375 e. The first-order chi connectivity index (χ1) is 15.0. The molecule has 1 aliphatic heterocycles. The molecule has 0 radical (unpaired) electrons. The van der Waals surface area contributed by atoms with E-state index in [-0.39, 0.29) is 29.7 Å². The summed E-state index contributed by atoms with van der Waals surface area (Å²) in [7, 11) is 1.87. The fraction of sp³-hybridized carbons (Fsp3) is 0.385. The van der Waals surface area contributed by atoms with E-state index in [9.17, 15) is 4.79 Å². The summed E-state index contributed by atoms with van der Waals surface area (Å²) < 4.78 is 7.53. The van der Waals surface area contributed by atoms with Gasteiger partial charge in [0.25, 0.3) is 5.56 Å². The van der Waals surface area contributed by atoms with Crippen molar-refractivity contribution in [2.75, 3.05) is 7.05 Å². The maximum atomic E-state index is 13.8. The third kappa shape index (κ3) is 4.41. The lowest BCUT2D eigenvalue weighted by atomic mass is 9.93. The summed E-state index contributed by atoms with van der Waals surface area (Å²) in [6, 6.07) is 15.3. The molecule has 1 aromatic heterocycles. The number of hydrogen-bond donors (Lipinski definition) is 1. The molecule has 2 heterocycles. The highest BCUT2D eigenvalue weighted by molar-refractivity contribution is 5.84. The lowest BCUT2D eigenvalue weighted by Gasteiger charge is -2.29. The third-order valence-electron chi connectivity index (χ3n) is 5.87. The second-order valence-electron chi connectivity index (χ2n) is 8.35. The van der Waals surface area contributed by atoms with Crippen LogP contribution in [0.4, 0.5) is 0 Å². The van der Waals surface area contributed by atoms with Gasteiger partial charge in [0.15, 0.2) is 0 Å². The van der Waals surface area contributed by atoms with Gasteiger partial charge in [-0.2, -0.15) is 0 Å². The molecular weight excluding hydrogens is 386 g/mol. The normalized spacial score (nSPS) is 22.0. The highest BCUT2D eigenvalue weighted by Crippen LogP contribution is 2.25. The van der Waals surface area contributed by atoms with Crippen LogP contribution in [0.3, 0.4) is 0 Å². The summed E-state index contributed by atoms with van der Waals surface area (Å²) in [5.74, 6) is 7.66. The minimum atomic E-state index is -0.0908. The van der Waals surface area contributed by atoms with Crippen molar-refractivity contribution in [2.24, 2.45) is 5.92 Å². The van der Waals surface area contributed by atoms with Crippen LogP contribution in [0.1, 0.15) is 51.0 Å². The molecule has 0 saturated carbocycles. The quantitative estimate of drug-likeness (QED) is 0.651. The molecule has 0 amide bonds. The van der Waals surface area contributed by atoms with Gasteiger partial charge in [0, 0.05) is 11.5 Å². The van der Waals surface area contributed by atoms with Crippen molar-refractivity contribution in [3.63, 3.8) is 0 Å². The Kier molecular flexibility index (Phi) is 6.22. The molecule has 1 fully saturated rings. The molecule has 1 saturated heterocycles. The zero-order chi connectivity index (χ0) is 22.0. The fourth-order valence-corrected chi connectivity index (χ4v) is 4.30. The predicted octanol–water partition coefficient (Wildman–Crippen LogP) is 4.22. The van der Waals surface area contributed by atoms with E-state index >= 15 is 0 Å². The molecule has 4 rings (SSSR count). The van der Waals surface area contributed by atoms with Gasteiger partial charge < -0.3 is 10.1 Å². The van der Waals surface area contributed by atoms with Crippen LogP contribution in [-0.2, 0) is 4.74 Å². The lowest BCUT2D eigenvalue weighted by Crippen LogP contribution is -2.29. The van der Waals surface area contributed by atoms with E-state index in [2.05, 4.69) is 31.0 Å². The van der Waals surface area contributed by atoms with Gasteiger partial charge in [-0.25, -0.2) is 4.98 Å². The first-order valence-corrected chi connectivity index (χ1v) is 10.9. The molecule has 5 heteroatoms. The zero-order valence-electron chi connectivity index (χ0n) is 18.6. The summed E-state index contributed by atoms with van der Waals surface area (Å²) in [6.45, 7) is 6.19. The number of ether oxygens (including phenoxy) is 1. The van der Waals surface area contributed by atoms with Crippen LogP contribution in [0.5, 0.6) is 0 Å². The minimum absolute atomic E-state index is 0.0859. The molecular formula is C26H29N3O2. The second kappa shape index (κ2) is 9.05. The standard InChI is InChI=1S/C26H29N3O2/c1-17-15-20(16-18(2)31-17)13-14-21-9-8-12-23-24(21)26(30)29(22-10-6-5-7-11-22)25(28-23)19(3)27-4/h5-12,17-20,27H,15-16H2,1-4H3. The van der Waals surface area contributed by atoms with Crippen LogP contribution in [0.25, 0.3) is 16.6 Å². The van der Waals surface area contributed by atoms with Crippen LogP contribution >= 0.6 is 0 Å². The first kappa shape index (κ1) is 21.3. The van der Waals surface area contributed by atoms with E-state index in [0.717, 1.165) is 24.1 Å². The molecule has 3 aromatic rings. The van der Waals surface area contributed by atoms with Crippen LogP contribution < -0.4 is 10.9 Å². The fourth-order valence-electron chi connectivity index (χ4n) is 4.30. The van der Waals surface area contributed by atoms with Gasteiger partial charge in [-0.05, 0) is 64.9 Å². The van der Waals surface area contributed by atoms with E-state index < -0.39 is 0 Å². The average Bonchev–Trinajstić information content (AvgIpc) is 2.76. The Morgan fingerprint density at radius 1 is 1.10 bits per heavy atom. The van der Waals surface area contributed by atoms with E-state index in [1.165, 1.54) is 0 Å². The lowest BCUT2D eigenvalue weighted by molar-refractivity contribution is -0.0419. The van der Waals surface area contributed by atoms with Gasteiger partial charge in [-0.15, -0.1) is 0 Å². The summed E-state index contributed by atoms with van der Waals surface area (Å²) in [6.07, 6.45) is 2.24. The third-order valence-corrected chi connectivity index (χ3v) is 5.87. The number of nitrogens with zero attached hydrogens (tertiary/aromatic N) is 2. The Balaban J connectivity index is 1.88. The van der Waals surface area contributed by atoms with Crippen molar-refractivity contribution in [2.45, 2.75) is 51.9 Å². The Hall–Kier alpha value is -2.94. The number of rotatable bonds is 3. The molecule has 0 bridgehead atoms. The number of aromatic nitrogens is 2. The largest absolute Gasteiger partial charge is 0.375 e. The Morgan fingerprint density at radius 3 is 2.48 bits per heavy atom. The molecule has 0 aliphatic carbocycles. The van der Waals surface area contributed by atoms with Gasteiger partial charge in [0.2, 0.25) is 0 Å². The maximum absolute atomic E-state index is 13.8. The van der Waals surface area contributed by atoms with E-state index in [4.69, 9.17) is 9.72 Å². The molecule has 2 aromatic carbocycles. The molecule has 0 spiro atoms. The summed E-state index contributed by atoms with van der Waals surface area (Å²) >= 11 is 0. The highest BCUT2D eigenvalue weighted by atomic mass is 16.5. The summed E-state index contributed by atoms with van der Waals surface area (Å²) in [5, 5.41) is 3.78. The van der Waals surface area contributed by atoms with Crippen LogP contribution in [0.15, 0.2) is 53.3 Å². The highest BCUT2D eigenvalue weighted by Gasteiger charge is 2.23. The van der Waals surface area contributed by atoms with Crippen LogP contribution in [-0.4, -0.2) is 28.8 Å². The van der Waals surface area contributed by atoms with Gasteiger partial charge >= 0.3 is 0 Å². The van der Waals surface area contributed by atoms with E-state index in [0.29, 0.717) is 16.7 Å². The molecule has 160 valence electrons. The van der Waals surface area contributed by atoms with Gasteiger partial charge in [-0.3, -0.25) is 9.36 Å². The van der Waals surface area contributed by atoms with Crippen molar-refractivity contribution in [1.82, 2.24) is 14.9 Å². The van der Waals surface area contributed by atoms with Crippen molar-refractivity contribution in [3.05, 3.63) is 70.3 Å². The molecule has 1 aliphatic rings. The van der Waals surface area contributed by atoms with Crippen molar-refractivity contribution < 1.29 is 4.74 Å². The zero-order valence-corrected chi connectivity index (χ0v) is 18.6. The number of fused-ring (bicyclic) bond motifs is 1. The molecule has 1 N–H and O–H groups in total. The van der Waals surface area contributed by atoms with E-state index in [1.54, 1.807) is 4.57 Å². The van der Waals surface area contributed by atoms with Gasteiger partial charge in [-0.1, -0.05) is 36.1 Å². The monoisotopic (exact) mass is 415 g/mol. The first-order valence-electron chi connectivity index (χ1n) is 10.9. The topological polar surface area (TPSA) is 56.2 Å². The van der Waals surface area contributed by atoms with Crippen molar-refractivity contribution >= 4 is 10.9 Å². The second-order valence-corrected chi connectivity index (χ2v) is 8.35. The van der Waals surface area contributed by atoms with Gasteiger partial charge in [0.05, 0.1) is 34.8 Å². The van der Waals surface area contributed by atoms with Crippen LogP contribution in [0, 0.1) is 17.8 Å². The molecule has 3 unspecified atom stereocenters. The molecule has 3 atom stereocenters. The number of benzene rings is 2. The van der Waals surface area contributed by atoms with E-state index in [1.807, 2.05) is 62.5 Å².